The van der Waals surface area contributed by atoms with E-state index in [2.05, 4.69) is 35.5 Å². The van der Waals surface area contributed by atoms with Crippen LogP contribution in [0.5, 0.6) is 0 Å². The minimum atomic E-state index is -0.0627. The third-order valence-electron chi connectivity index (χ3n) is 3.95. The molecule has 0 spiro atoms. The summed E-state index contributed by atoms with van der Waals surface area (Å²) in [5.74, 6) is 1.93. The molecule has 1 aromatic carbocycles. The molecule has 0 fully saturated rings. The van der Waals surface area contributed by atoms with Gasteiger partial charge in [-0.25, -0.2) is 9.97 Å². The molecule has 0 bridgehead atoms. The molecule has 3 aromatic heterocycles. The number of carbonyl (C=O) groups excluding carboxylic acids is 1. The summed E-state index contributed by atoms with van der Waals surface area (Å²) in [7, 11) is 0. The van der Waals surface area contributed by atoms with E-state index in [4.69, 9.17) is 0 Å². The standard InChI is InChI=1S/C18H17N7O/c26-17(6-5-15-21-13-3-1-2-4-14(13)22-15)20-11-16-23-18(25-24-16)12-7-9-19-10-8-12/h1-4,7-10H,5-6,11H2,(H,20,26)(H,21,22)(H,23,24,25). The number of amides is 1. The van der Waals surface area contributed by atoms with Gasteiger partial charge in [0.25, 0.3) is 0 Å². The monoisotopic (exact) mass is 347 g/mol. The molecular formula is C18H17N7O. The van der Waals surface area contributed by atoms with Crippen molar-refractivity contribution in [3.63, 3.8) is 0 Å². The summed E-state index contributed by atoms with van der Waals surface area (Å²) < 4.78 is 0. The Morgan fingerprint density at radius 2 is 1.88 bits per heavy atom. The lowest BCUT2D eigenvalue weighted by molar-refractivity contribution is -0.121. The van der Waals surface area contributed by atoms with Gasteiger partial charge in [0.1, 0.15) is 11.6 Å². The van der Waals surface area contributed by atoms with Gasteiger partial charge in [0, 0.05) is 30.8 Å². The van der Waals surface area contributed by atoms with Crippen LogP contribution in [0.1, 0.15) is 18.1 Å². The normalized spacial score (nSPS) is 10.9. The predicted octanol–water partition coefficient (Wildman–Crippen LogP) is 1.99. The summed E-state index contributed by atoms with van der Waals surface area (Å²) in [5, 5.41) is 9.83. The van der Waals surface area contributed by atoms with E-state index in [0.717, 1.165) is 22.4 Å². The van der Waals surface area contributed by atoms with Gasteiger partial charge in [0.05, 0.1) is 17.6 Å². The molecule has 4 rings (SSSR count). The number of nitrogens with zero attached hydrogens (tertiary/aromatic N) is 4. The van der Waals surface area contributed by atoms with Gasteiger partial charge in [-0.2, -0.15) is 5.10 Å². The molecule has 0 radical (unpaired) electrons. The minimum Gasteiger partial charge on any atom is -0.349 e. The second-order valence-corrected chi connectivity index (χ2v) is 5.82. The summed E-state index contributed by atoms with van der Waals surface area (Å²) in [6.07, 6.45) is 4.28. The molecule has 0 saturated heterocycles. The first kappa shape index (κ1) is 15.9. The van der Waals surface area contributed by atoms with E-state index in [0.29, 0.717) is 31.0 Å². The fourth-order valence-electron chi connectivity index (χ4n) is 2.63. The predicted molar refractivity (Wildman–Crippen MR) is 95.9 cm³/mol. The van der Waals surface area contributed by atoms with Crippen molar-refractivity contribution in [2.75, 3.05) is 0 Å². The molecule has 130 valence electrons. The van der Waals surface area contributed by atoms with E-state index < -0.39 is 0 Å². The molecule has 0 aliphatic carbocycles. The molecule has 8 heteroatoms. The van der Waals surface area contributed by atoms with Crippen molar-refractivity contribution in [1.82, 2.24) is 35.5 Å². The molecule has 4 aromatic rings. The summed E-state index contributed by atoms with van der Waals surface area (Å²) >= 11 is 0. The van der Waals surface area contributed by atoms with Crippen LogP contribution in [0.15, 0.2) is 48.8 Å². The molecule has 3 N–H and O–H groups in total. The fraction of sp³-hybridized carbons (Fsp3) is 0.167. The maximum absolute atomic E-state index is 12.1. The van der Waals surface area contributed by atoms with Crippen molar-refractivity contribution in [2.24, 2.45) is 0 Å². The molecule has 0 aliphatic rings. The smallest absolute Gasteiger partial charge is 0.220 e. The topological polar surface area (TPSA) is 112 Å². The van der Waals surface area contributed by atoms with Crippen LogP contribution >= 0.6 is 0 Å². The number of nitrogens with one attached hydrogen (secondary N) is 3. The lowest BCUT2D eigenvalue weighted by atomic mass is 10.2. The highest BCUT2D eigenvalue weighted by Crippen LogP contribution is 2.13. The lowest BCUT2D eigenvalue weighted by Crippen LogP contribution is -2.23. The number of hydrogen-bond acceptors (Lipinski definition) is 5. The van der Waals surface area contributed by atoms with Crippen LogP contribution in [0.4, 0.5) is 0 Å². The Morgan fingerprint density at radius 1 is 1.04 bits per heavy atom. The number of aromatic nitrogens is 6. The van der Waals surface area contributed by atoms with E-state index in [9.17, 15) is 4.79 Å². The van der Waals surface area contributed by atoms with Crippen LogP contribution < -0.4 is 5.32 Å². The average molecular weight is 347 g/mol. The van der Waals surface area contributed by atoms with Crippen LogP contribution in [0.2, 0.25) is 0 Å². The average Bonchev–Trinajstić information content (AvgIpc) is 3.32. The largest absolute Gasteiger partial charge is 0.349 e. The highest BCUT2D eigenvalue weighted by molar-refractivity contribution is 5.77. The second kappa shape index (κ2) is 7.14. The fourth-order valence-corrected chi connectivity index (χ4v) is 2.63. The summed E-state index contributed by atoms with van der Waals surface area (Å²) in [5.41, 5.74) is 2.76. The second-order valence-electron chi connectivity index (χ2n) is 5.82. The number of hydrogen-bond donors (Lipinski definition) is 3. The molecule has 26 heavy (non-hydrogen) atoms. The molecule has 0 aliphatic heterocycles. The number of rotatable bonds is 6. The molecule has 3 heterocycles. The van der Waals surface area contributed by atoms with Gasteiger partial charge in [0.2, 0.25) is 5.91 Å². The molecule has 0 unspecified atom stereocenters. The first-order valence-electron chi connectivity index (χ1n) is 8.30. The van der Waals surface area contributed by atoms with Crippen molar-refractivity contribution in [2.45, 2.75) is 19.4 Å². The molecule has 0 atom stereocenters. The number of fused-ring (bicyclic) bond motifs is 1. The summed E-state index contributed by atoms with van der Waals surface area (Å²) in [4.78, 5) is 28.1. The Balaban J connectivity index is 1.29. The maximum atomic E-state index is 12.1. The van der Waals surface area contributed by atoms with Gasteiger partial charge in [0.15, 0.2) is 5.82 Å². The first-order valence-corrected chi connectivity index (χ1v) is 8.30. The Kier molecular flexibility index (Phi) is 4.38. The van der Waals surface area contributed by atoms with Gasteiger partial charge in [-0.05, 0) is 24.3 Å². The quantitative estimate of drug-likeness (QED) is 0.494. The third-order valence-corrected chi connectivity index (χ3v) is 3.95. The first-order chi connectivity index (χ1) is 12.8. The van der Waals surface area contributed by atoms with Crippen molar-refractivity contribution in [1.29, 1.82) is 0 Å². The number of imidazole rings is 1. The Hall–Kier alpha value is -3.55. The number of pyridine rings is 1. The lowest BCUT2D eigenvalue weighted by Gasteiger charge is -2.01. The summed E-state index contributed by atoms with van der Waals surface area (Å²) in [6.45, 7) is 0.303. The van der Waals surface area contributed by atoms with Crippen molar-refractivity contribution >= 4 is 16.9 Å². The van der Waals surface area contributed by atoms with Crippen LogP contribution in [0.25, 0.3) is 22.4 Å². The van der Waals surface area contributed by atoms with Crippen LogP contribution in [0.3, 0.4) is 0 Å². The van der Waals surface area contributed by atoms with Gasteiger partial charge >= 0.3 is 0 Å². The third kappa shape index (κ3) is 3.59. The zero-order chi connectivity index (χ0) is 17.8. The molecular weight excluding hydrogens is 330 g/mol. The number of aryl methyl sites for hydroxylation is 1. The zero-order valence-corrected chi connectivity index (χ0v) is 13.9. The Morgan fingerprint density at radius 3 is 2.73 bits per heavy atom. The van der Waals surface area contributed by atoms with E-state index in [1.807, 2.05) is 36.4 Å². The highest BCUT2D eigenvalue weighted by Gasteiger charge is 2.09. The zero-order valence-electron chi connectivity index (χ0n) is 13.9. The Labute approximate surface area is 149 Å². The van der Waals surface area contributed by atoms with Gasteiger partial charge < -0.3 is 10.3 Å². The minimum absolute atomic E-state index is 0.0627. The van der Waals surface area contributed by atoms with Gasteiger partial charge in [-0.1, -0.05) is 12.1 Å². The number of H-pyrrole nitrogens is 2. The highest BCUT2D eigenvalue weighted by atomic mass is 16.1. The van der Waals surface area contributed by atoms with Gasteiger partial charge in [-0.3, -0.25) is 14.9 Å². The van der Waals surface area contributed by atoms with Crippen LogP contribution in [-0.2, 0) is 17.8 Å². The van der Waals surface area contributed by atoms with Crippen molar-refractivity contribution < 1.29 is 4.79 Å². The van der Waals surface area contributed by atoms with Crippen LogP contribution in [-0.4, -0.2) is 36.0 Å². The summed E-state index contributed by atoms with van der Waals surface area (Å²) in [6, 6.07) is 11.5. The molecule has 0 saturated carbocycles. The van der Waals surface area contributed by atoms with Gasteiger partial charge in [-0.15, -0.1) is 0 Å². The van der Waals surface area contributed by atoms with E-state index in [-0.39, 0.29) is 5.91 Å². The van der Waals surface area contributed by atoms with E-state index >= 15 is 0 Å². The Bertz CT molecular complexity index is 989. The van der Waals surface area contributed by atoms with Crippen LogP contribution in [0, 0.1) is 0 Å². The van der Waals surface area contributed by atoms with Crippen molar-refractivity contribution in [3.8, 4) is 11.4 Å². The SMILES string of the molecule is O=C(CCc1nc2ccccc2[nH]1)NCc1nc(-c2ccncc2)n[nH]1. The molecule has 1 amide bonds. The number of para-hydroxylation sites is 2. The number of carbonyl (C=O) groups is 1. The maximum Gasteiger partial charge on any atom is 0.220 e. The number of benzene rings is 1. The van der Waals surface area contributed by atoms with Crippen molar-refractivity contribution in [3.05, 3.63) is 60.4 Å². The van der Waals surface area contributed by atoms with E-state index in [1.165, 1.54) is 0 Å². The number of aromatic amines is 2. The van der Waals surface area contributed by atoms with E-state index in [1.54, 1.807) is 12.4 Å². The molecule has 8 nitrogen and oxygen atoms in total.